The Labute approximate surface area is 175 Å². The number of aromatic nitrogens is 1. The lowest BCUT2D eigenvalue weighted by atomic mass is 10.1. The second-order valence-electron chi connectivity index (χ2n) is 6.43. The fraction of sp³-hybridized carbons (Fsp3) is 0.182. The number of carbonyl (C=O) groups is 1. The molecular formula is C22H22N2O5S. The number of rotatable bonds is 8. The van der Waals surface area contributed by atoms with Gasteiger partial charge in [-0.2, -0.15) is 0 Å². The molecule has 2 aromatic carbocycles. The Hall–Kier alpha value is -3.39. The molecule has 0 saturated heterocycles. The number of hydrogen-bond donors (Lipinski definition) is 1. The summed E-state index contributed by atoms with van der Waals surface area (Å²) in [6.07, 6.45) is 3.73. The van der Waals surface area contributed by atoms with Gasteiger partial charge in [0.05, 0.1) is 16.1 Å². The van der Waals surface area contributed by atoms with Crippen LogP contribution in [0, 0.1) is 0 Å². The van der Waals surface area contributed by atoms with E-state index >= 15 is 0 Å². The Morgan fingerprint density at radius 3 is 2.20 bits per heavy atom. The van der Waals surface area contributed by atoms with Crippen LogP contribution in [0.5, 0.6) is 11.5 Å². The van der Waals surface area contributed by atoms with Crippen LogP contribution in [0.4, 0.5) is 5.69 Å². The first-order chi connectivity index (χ1) is 14.4. The van der Waals surface area contributed by atoms with Crippen molar-refractivity contribution >= 4 is 21.7 Å². The Bertz CT molecular complexity index is 1130. The fourth-order valence-electron chi connectivity index (χ4n) is 3.06. The number of sulfonamides is 1. The van der Waals surface area contributed by atoms with E-state index in [-0.39, 0.29) is 17.0 Å². The van der Waals surface area contributed by atoms with E-state index in [2.05, 4.69) is 4.98 Å². The molecule has 30 heavy (non-hydrogen) atoms. The van der Waals surface area contributed by atoms with E-state index in [0.717, 1.165) is 0 Å². The molecule has 0 fully saturated rings. The van der Waals surface area contributed by atoms with Crippen molar-refractivity contribution in [2.45, 2.75) is 25.2 Å². The Morgan fingerprint density at radius 1 is 1.00 bits per heavy atom. The van der Waals surface area contributed by atoms with Gasteiger partial charge in [0.1, 0.15) is 11.5 Å². The summed E-state index contributed by atoms with van der Waals surface area (Å²) >= 11 is 0. The van der Waals surface area contributed by atoms with Crippen LogP contribution in [-0.4, -0.2) is 31.0 Å². The number of carboxylic acids is 1. The smallest absolute Gasteiger partial charge is 0.336 e. The molecular weight excluding hydrogens is 404 g/mol. The Morgan fingerprint density at radius 2 is 1.63 bits per heavy atom. The summed E-state index contributed by atoms with van der Waals surface area (Å²) in [5.41, 5.74) is 1.04. The van der Waals surface area contributed by atoms with E-state index in [9.17, 15) is 18.3 Å². The van der Waals surface area contributed by atoms with Gasteiger partial charge in [-0.1, -0.05) is 13.0 Å². The summed E-state index contributed by atoms with van der Waals surface area (Å²) in [7, 11) is -3.94. The van der Waals surface area contributed by atoms with Crippen LogP contribution in [-0.2, 0) is 16.4 Å². The maximum atomic E-state index is 13.2. The van der Waals surface area contributed by atoms with Crippen molar-refractivity contribution in [1.29, 1.82) is 0 Å². The molecule has 0 aliphatic carbocycles. The standard InChI is InChI=1S/C22H22N2O5S/c1-3-16-5-10-20(15-21(16)22(25)26)30(27,28)24(4-2)17-6-8-18(9-7-17)29-19-11-13-23-14-12-19/h5-15H,3-4H2,1-2H3,(H,25,26). The highest BCUT2D eigenvalue weighted by molar-refractivity contribution is 7.92. The molecule has 1 N–H and O–H groups in total. The SMILES string of the molecule is CCc1ccc(S(=O)(=O)N(CC)c2ccc(Oc3ccncc3)cc2)cc1C(=O)O. The highest BCUT2D eigenvalue weighted by Gasteiger charge is 2.25. The number of nitrogens with zero attached hydrogens (tertiary/aromatic N) is 2. The van der Waals surface area contributed by atoms with Crippen molar-refractivity contribution in [2.24, 2.45) is 0 Å². The van der Waals surface area contributed by atoms with Crippen LogP contribution in [0.25, 0.3) is 0 Å². The third-order valence-corrected chi connectivity index (χ3v) is 6.48. The zero-order chi connectivity index (χ0) is 21.7. The van der Waals surface area contributed by atoms with Crippen LogP contribution in [0.15, 0.2) is 71.9 Å². The summed E-state index contributed by atoms with van der Waals surface area (Å²) in [5, 5.41) is 9.43. The molecule has 0 bridgehead atoms. The van der Waals surface area contributed by atoms with Gasteiger partial charge in [-0.05, 0) is 67.4 Å². The van der Waals surface area contributed by atoms with Crippen molar-refractivity contribution in [3.8, 4) is 11.5 Å². The molecule has 0 aliphatic rings. The van der Waals surface area contributed by atoms with Crippen LogP contribution >= 0.6 is 0 Å². The quantitative estimate of drug-likeness (QED) is 0.575. The molecule has 156 valence electrons. The number of anilines is 1. The molecule has 3 aromatic rings. The highest BCUT2D eigenvalue weighted by atomic mass is 32.2. The molecule has 1 aromatic heterocycles. The number of ether oxygens (including phenoxy) is 1. The van der Waals surface area contributed by atoms with E-state index in [1.165, 1.54) is 16.4 Å². The van der Waals surface area contributed by atoms with Crippen molar-refractivity contribution in [3.63, 3.8) is 0 Å². The Balaban J connectivity index is 1.91. The lowest BCUT2D eigenvalue weighted by molar-refractivity contribution is 0.0695. The molecule has 8 heteroatoms. The van der Waals surface area contributed by atoms with E-state index in [1.54, 1.807) is 61.8 Å². The first-order valence-electron chi connectivity index (χ1n) is 9.43. The average Bonchev–Trinajstić information content (AvgIpc) is 2.75. The minimum absolute atomic E-state index is 0.00396. The molecule has 0 saturated carbocycles. The van der Waals surface area contributed by atoms with Crippen molar-refractivity contribution in [2.75, 3.05) is 10.8 Å². The fourth-order valence-corrected chi connectivity index (χ4v) is 4.57. The first kappa shape index (κ1) is 21.3. The second-order valence-corrected chi connectivity index (χ2v) is 8.29. The van der Waals surface area contributed by atoms with Gasteiger partial charge in [0.15, 0.2) is 0 Å². The van der Waals surface area contributed by atoms with Gasteiger partial charge >= 0.3 is 5.97 Å². The van der Waals surface area contributed by atoms with E-state index in [4.69, 9.17) is 4.74 Å². The summed E-state index contributed by atoms with van der Waals surface area (Å²) in [5.74, 6) is 0.0263. The maximum absolute atomic E-state index is 13.2. The minimum atomic E-state index is -3.94. The van der Waals surface area contributed by atoms with Gasteiger partial charge in [0.25, 0.3) is 10.0 Å². The number of hydrogen-bond acceptors (Lipinski definition) is 5. The summed E-state index contributed by atoms with van der Waals surface area (Å²) in [6.45, 7) is 3.73. The van der Waals surface area contributed by atoms with Crippen molar-refractivity contribution < 1.29 is 23.1 Å². The van der Waals surface area contributed by atoms with Crippen LogP contribution in [0.1, 0.15) is 29.8 Å². The zero-order valence-electron chi connectivity index (χ0n) is 16.6. The van der Waals surface area contributed by atoms with Crippen LogP contribution in [0.2, 0.25) is 0 Å². The number of aryl methyl sites for hydroxylation is 1. The Kier molecular flexibility index (Phi) is 6.37. The van der Waals surface area contributed by atoms with Crippen LogP contribution < -0.4 is 9.04 Å². The van der Waals surface area contributed by atoms with E-state index in [0.29, 0.717) is 29.2 Å². The molecule has 1 heterocycles. The largest absolute Gasteiger partial charge is 0.478 e. The number of pyridine rings is 1. The van der Waals surface area contributed by atoms with Crippen LogP contribution in [0.3, 0.4) is 0 Å². The lowest BCUT2D eigenvalue weighted by Gasteiger charge is -2.23. The van der Waals surface area contributed by atoms with Gasteiger partial charge in [0, 0.05) is 18.9 Å². The molecule has 0 radical (unpaired) electrons. The minimum Gasteiger partial charge on any atom is -0.478 e. The first-order valence-corrected chi connectivity index (χ1v) is 10.9. The average molecular weight is 426 g/mol. The van der Waals surface area contributed by atoms with Crippen molar-refractivity contribution in [1.82, 2.24) is 4.98 Å². The molecule has 7 nitrogen and oxygen atoms in total. The summed E-state index contributed by atoms with van der Waals surface area (Å²) in [6, 6.07) is 14.3. The molecule has 3 rings (SSSR count). The maximum Gasteiger partial charge on any atom is 0.336 e. The van der Waals surface area contributed by atoms with Gasteiger partial charge in [0.2, 0.25) is 0 Å². The van der Waals surface area contributed by atoms with Gasteiger partial charge in [-0.25, -0.2) is 13.2 Å². The summed E-state index contributed by atoms with van der Waals surface area (Å²) < 4.78 is 33.4. The second kappa shape index (κ2) is 8.96. The third-order valence-electron chi connectivity index (χ3n) is 4.58. The zero-order valence-corrected chi connectivity index (χ0v) is 17.5. The number of benzene rings is 2. The molecule has 0 spiro atoms. The van der Waals surface area contributed by atoms with Gasteiger partial charge in [-0.3, -0.25) is 9.29 Å². The number of carboxylic acid groups (broad SMARTS) is 1. The van der Waals surface area contributed by atoms with Gasteiger partial charge in [-0.15, -0.1) is 0 Å². The third kappa shape index (κ3) is 4.44. The monoisotopic (exact) mass is 426 g/mol. The molecule has 0 amide bonds. The molecule has 0 atom stereocenters. The predicted molar refractivity (Wildman–Crippen MR) is 114 cm³/mol. The number of aromatic carboxylic acids is 1. The van der Waals surface area contributed by atoms with Gasteiger partial charge < -0.3 is 9.84 Å². The lowest BCUT2D eigenvalue weighted by Crippen LogP contribution is -2.31. The predicted octanol–water partition coefficient (Wildman–Crippen LogP) is 4.35. The van der Waals surface area contributed by atoms with Crippen molar-refractivity contribution in [3.05, 3.63) is 78.1 Å². The molecule has 0 unspecified atom stereocenters. The highest BCUT2D eigenvalue weighted by Crippen LogP contribution is 2.28. The van der Waals surface area contributed by atoms with E-state index < -0.39 is 16.0 Å². The van der Waals surface area contributed by atoms with E-state index in [1.807, 2.05) is 6.92 Å². The topological polar surface area (TPSA) is 96.8 Å². The summed E-state index contributed by atoms with van der Waals surface area (Å²) in [4.78, 5) is 15.4. The normalized spacial score (nSPS) is 11.1. The molecule has 0 aliphatic heterocycles.